The van der Waals surface area contributed by atoms with E-state index in [-0.39, 0.29) is 10.9 Å². The highest BCUT2D eigenvalue weighted by atomic mass is 35.5. The van der Waals surface area contributed by atoms with E-state index in [0.29, 0.717) is 29.3 Å². The number of halogens is 1. The van der Waals surface area contributed by atoms with Crippen molar-refractivity contribution in [3.8, 4) is 0 Å². The maximum atomic E-state index is 11.3. The third-order valence-electron chi connectivity index (χ3n) is 3.81. The summed E-state index contributed by atoms with van der Waals surface area (Å²) in [7, 11) is -0.971. The van der Waals surface area contributed by atoms with Crippen LogP contribution in [0.25, 0.3) is 11.4 Å². The molecule has 0 fully saturated rings. The van der Waals surface area contributed by atoms with Crippen molar-refractivity contribution in [1.82, 2.24) is 0 Å². The van der Waals surface area contributed by atoms with E-state index in [0.717, 1.165) is 11.1 Å². The van der Waals surface area contributed by atoms with Crippen molar-refractivity contribution in [2.75, 3.05) is 18.6 Å². The molecule has 0 spiro atoms. The van der Waals surface area contributed by atoms with Gasteiger partial charge in [0.25, 0.3) is 0 Å². The fraction of sp³-hybridized carbons (Fsp3) is 0.150. The average molecular weight is 403 g/mol. The quantitative estimate of drug-likeness (QED) is 0.376. The molecule has 1 unspecified atom stereocenters. The smallest absolute Gasteiger partial charge is 0.129 e. The molecule has 2 aromatic rings. The molecule has 0 saturated carbocycles. The third kappa shape index (κ3) is 5.70. The van der Waals surface area contributed by atoms with Crippen molar-refractivity contribution in [1.29, 1.82) is 0 Å². The first-order valence-corrected chi connectivity index (χ1v) is 10.4. The Balaban J connectivity index is 2.58. The second-order valence-corrected chi connectivity index (χ2v) is 7.73. The number of nitrogens with zero attached hydrogens (tertiary/aromatic N) is 1. The number of aliphatic imine (C=N–C) groups is 1. The van der Waals surface area contributed by atoms with Gasteiger partial charge in [0.15, 0.2) is 0 Å². The zero-order chi connectivity index (χ0) is 19.8. The minimum Gasteiger partial charge on any atom is -0.398 e. The first-order valence-electron chi connectivity index (χ1n) is 8.28. The average Bonchev–Trinajstić information content (AvgIpc) is 2.68. The zero-order valence-corrected chi connectivity index (χ0v) is 16.6. The molecule has 5 nitrogen and oxygen atoms in total. The molecule has 1 atom stereocenters. The van der Waals surface area contributed by atoms with Crippen LogP contribution >= 0.6 is 11.6 Å². The van der Waals surface area contributed by atoms with Gasteiger partial charge in [-0.3, -0.25) is 9.20 Å². The Hall–Kier alpha value is -2.57. The van der Waals surface area contributed by atoms with E-state index in [2.05, 4.69) is 4.99 Å². The van der Waals surface area contributed by atoms with Gasteiger partial charge in [-0.25, -0.2) is 0 Å². The predicted octanol–water partition coefficient (Wildman–Crippen LogP) is 2.66. The fourth-order valence-electron chi connectivity index (χ4n) is 2.38. The monoisotopic (exact) mass is 402 g/mol. The summed E-state index contributed by atoms with van der Waals surface area (Å²) in [6, 6.07) is 18.6. The first-order chi connectivity index (χ1) is 12.9. The van der Waals surface area contributed by atoms with Crippen molar-refractivity contribution in [2.24, 2.45) is 22.2 Å². The summed E-state index contributed by atoms with van der Waals surface area (Å²) in [6.45, 7) is 0.302. The molecule has 0 saturated heterocycles. The topological polar surface area (TPSA) is 107 Å². The normalized spacial score (nSPS) is 15.0. The Labute approximate surface area is 167 Å². The molecule has 142 valence electrons. The number of amidine groups is 1. The largest absolute Gasteiger partial charge is 0.398 e. The van der Waals surface area contributed by atoms with Gasteiger partial charge in [0, 0.05) is 22.8 Å². The fourth-order valence-corrected chi connectivity index (χ4v) is 3.04. The van der Waals surface area contributed by atoms with E-state index in [1.54, 1.807) is 6.26 Å². The Morgan fingerprint density at radius 1 is 0.926 bits per heavy atom. The maximum absolute atomic E-state index is 11.3. The summed E-state index contributed by atoms with van der Waals surface area (Å²) < 4.78 is 11.3. The molecular formula is C20H23ClN4OS. The molecule has 2 rings (SSSR count). The molecule has 0 aliphatic heterocycles. The van der Waals surface area contributed by atoms with Crippen molar-refractivity contribution >= 4 is 39.6 Å². The first kappa shape index (κ1) is 20.7. The van der Waals surface area contributed by atoms with E-state index >= 15 is 0 Å². The van der Waals surface area contributed by atoms with Gasteiger partial charge in [-0.2, -0.15) is 0 Å². The summed E-state index contributed by atoms with van der Waals surface area (Å²) >= 11 is 6.61. The molecule has 0 amide bonds. The minimum atomic E-state index is -0.971. The van der Waals surface area contributed by atoms with Crippen LogP contribution in [-0.2, 0) is 10.8 Å². The summed E-state index contributed by atoms with van der Waals surface area (Å²) in [5, 5.41) is 0.224. The molecule has 0 heterocycles. The lowest BCUT2D eigenvalue weighted by Crippen LogP contribution is -2.22. The summed E-state index contributed by atoms with van der Waals surface area (Å²) in [4.78, 5) is 4.30. The Morgan fingerprint density at radius 3 is 1.89 bits per heavy atom. The Bertz CT molecular complexity index is 893. The molecule has 0 bridgehead atoms. The van der Waals surface area contributed by atoms with E-state index in [9.17, 15) is 4.21 Å². The highest BCUT2D eigenvalue weighted by Crippen LogP contribution is 2.28. The molecule has 27 heavy (non-hydrogen) atoms. The van der Waals surface area contributed by atoms with Crippen LogP contribution in [0, 0.1) is 0 Å². The lowest BCUT2D eigenvalue weighted by molar-refractivity contribution is 0.686. The number of hydrogen-bond acceptors (Lipinski definition) is 4. The number of hydrogen-bond donors (Lipinski definition) is 3. The van der Waals surface area contributed by atoms with Gasteiger partial charge in [0.05, 0.1) is 28.5 Å². The number of rotatable bonds is 7. The maximum Gasteiger partial charge on any atom is 0.129 e. The zero-order valence-electron chi connectivity index (χ0n) is 15.1. The summed E-state index contributed by atoms with van der Waals surface area (Å²) in [6.07, 6.45) is 1.61. The molecule has 0 aromatic heterocycles. The van der Waals surface area contributed by atoms with E-state index in [1.165, 1.54) is 0 Å². The van der Waals surface area contributed by atoms with Crippen LogP contribution in [-0.4, -0.2) is 28.6 Å². The molecule has 0 aliphatic rings. The van der Waals surface area contributed by atoms with Crippen LogP contribution in [0.4, 0.5) is 0 Å². The second-order valence-electron chi connectivity index (χ2n) is 5.79. The Kier molecular flexibility index (Phi) is 7.64. The van der Waals surface area contributed by atoms with Crippen LogP contribution in [0.2, 0.25) is 0 Å². The van der Waals surface area contributed by atoms with Gasteiger partial charge in [-0.15, -0.1) is 0 Å². The van der Waals surface area contributed by atoms with Gasteiger partial charge in [-0.05, 0) is 11.1 Å². The van der Waals surface area contributed by atoms with Crippen molar-refractivity contribution in [2.45, 2.75) is 0 Å². The molecule has 0 radical (unpaired) electrons. The van der Waals surface area contributed by atoms with Crippen molar-refractivity contribution in [3.05, 3.63) is 82.4 Å². The molecule has 6 N–H and O–H groups in total. The predicted molar refractivity (Wildman–Crippen MR) is 116 cm³/mol. The van der Waals surface area contributed by atoms with Crippen LogP contribution in [0.3, 0.4) is 0 Å². The summed E-state index contributed by atoms with van der Waals surface area (Å²) in [5.74, 6) is 0.556. The minimum absolute atomic E-state index is 0.158. The molecular weight excluding hydrogens is 380 g/mol. The highest BCUT2D eigenvalue weighted by molar-refractivity contribution is 7.84. The second kappa shape index (κ2) is 9.94. The Morgan fingerprint density at radius 2 is 1.41 bits per heavy atom. The standard InChI is InChI=1S/C20H23ClN4OS/c1-27(26)13-12-25-20(24)16(18(22)14-8-4-2-5-9-14)17(21)19(23)15-10-6-3-7-11-15/h2-11H,12-13,22-23H2,1H3,(H2,24,25)/b18-16?,19-17+. The van der Waals surface area contributed by atoms with E-state index in [1.807, 2.05) is 60.7 Å². The highest BCUT2D eigenvalue weighted by Gasteiger charge is 2.18. The van der Waals surface area contributed by atoms with Gasteiger partial charge in [-0.1, -0.05) is 72.3 Å². The molecule has 0 aliphatic carbocycles. The molecule has 7 heteroatoms. The lowest BCUT2D eigenvalue weighted by Gasteiger charge is -2.14. The van der Waals surface area contributed by atoms with E-state index < -0.39 is 10.8 Å². The van der Waals surface area contributed by atoms with Crippen LogP contribution < -0.4 is 17.2 Å². The third-order valence-corrected chi connectivity index (χ3v) is 4.96. The van der Waals surface area contributed by atoms with Gasteiger partial charge >= 0.3 is 0 Å². The van der Waals surface area contributed by atoms with Crippen molar-refractivity contribution < 1.29 is 4.21 Å². The van der Waals surface area contributed by atoms with Gasteiger partial charge in [0.1, 0.15) is 5.84 Å². The number of benzene rings is 2. The summed E-state index contributed by atoms with van der Waals surface area (Å²) in [5.41, 5.74) is 21.4. The SMILES string of the molecule is CS(=O)CCN=C(N)C(=C(N)c1ccccc1)/C(Cl)=C(\N)c1ccccc1. The number of nitrogens with two attached hydrogens (primary N) is 3. The van der Waals surface area contributed by atoms with E-state index in [4.69, 9.17) is 28.8 Å². The van der Waals surface area contributed by atoms with Crippen molar-refractivity contribution in [3.63, 3.8) is 0 Å². The van der Waals surface area contributed by atoms with Crippen LogP contribution in [0.5, 0.6) is 0 Å². The lowest BCUT2D eigenvalue weighted by atomic mass is 10.0. The van der Waals surface area contributed by atoms with Crippen LogP contribution in [0.15, 0.2) is 76.3 Å². The van der Waals surface area contributed by atoms with Gasteiger partial charge < -0.3 is 17.2 Å². The van der Waals surface area contributed by atoms with Crippen LogP contribution in [0.1, 0.15) is 11.1 Å². The van der Waals surface area contributed by atoms with Gasteiger partial charge in [0.2, 0.25) is 0 Å². The molecule has 2 aromatic carbocycles.